The highest BCUT2D eigenvalue weighted by molar-refractivity contribution is 8.00. The zero-order valence-electron chi connectivity index (χ0n) is 21.9. The van der Waals surface area contributed by atoms with E-state index in [0.717, 1.165) is 23.2 Å². The second-order valence-electron chi connectivity index (χ2n) is 10.3. The van der Waals surface area contributed by atoms with Crippen molar-refractivity contribution < 1.29 is 19.1 Å². The van der Waals surface area contributed by atoms with Gasteiger partial charge in [-0.05, 0) is 36.2 Å². The first-order valence-corrected chi connectivity index (χ1v) is 14.1. The summed E-state index contributed by atoms with van der Waals surface area (Å²) in [5, 5.41) is 8.24. The maximum absolute atomic E-state index is 13.7. The van der Waals surface area contributed by atoms with Gasteiger partial charge in [0.05, 0.1) is 27.4 Å². The predicted molar refractivity (Wildman–Crippen MR) is 150 cm³/mol. The van der Waals surface area contributed by atoms with Gasteiger partial charge >= 0.3 is 0 Å². The molecule has 0 spiro atoms. The lowest BCUT2D eigenvalue weighted by atomic mass is 9.87. The Bertz CT molecular complexity index is 1380. The van der Waals surface area contributed by atoms with E-state index < -0.39 is 0 Å². The molecule has 0 saturated heterocycles. The molecular weight excluding hydrogens is 524 g/mol. The summed E-state index contributed by atoms with van der Waals surface area (Å²) in [5.74, 6) is 1.74. The van der Waals surface area contributed by atoms with Gasteiger partial charge in [0.25, 0.3) is 0 Å². The Hall–Kier alpha value is -3.17. The number of halogens is 1. The van der Waals surface area contributed by atoms with E-state index in [1.54, 1.807) is 15.6 Å². The van der Waals surface area contributed by atoms with Crippen LogP contribution in [0.15, 0.2) is 42.5 Å². The highest BCUT2D eigenvalue weighted by Gasteiger charge is 2.40. The van der Waals surface area contributed by atoms with E-state index >= 15 is 0 Å². The highest BCUT2D eigenvalue weighted by atomic mass is 35.5. The second kappa shape index (κ2) is 10.5. The fourth-order valence-electron chi connectivity index (χ4n) is 4.67. The Morgan fingerprint density at radius 2 is 1.95 bits per heavy atom. The monoisotopic (exact) mass is 554 g/mol. The van der Waals surface area contributed by atoms with Crippen molar-refractivity contribution >= 4 is 41.0 Å². The van der Waals surface area contributed by atoms with Gasteiger partial charge < -0.3 is 14.8 Å². The number of hydrogen-bond acceptors (Lipinski definition) is 6. The van der Waals surface area contributed by atoms with Gasteiger partial charge in [0.1, 0.15) is 12.4 Å². The van der Waals surface area contributed by atoms with Crippen molar-refractivity contribution in [2.24, 2.45) is 0 Å². The zero-order chi connectivity index (χ0) is 27.0. The molecule has 1 atom stereocenters. The summed E-state index contributed by atoms with van der Waals surface area (Å²) < 4.78 is 12.9. The van der Waals surface area contributed by atoms with E-state index in [0.29, 0.717) is 34.6 Å². The molecule has 5 rings (SSSR count). The molecular formula is C28H31ClN4O4S. The Balaban J connectivity index is 1.76. The first-order valence-electron chi connectivity index (χ1n) is 12.7. The number of hydrogen-bond donors (Lipinski definition) is 1. The summed E-state index contributed by atoms with van der Waals surface area (Å²) in [6.45, 7) is 8.89. The van der Waals surface area contributed by atoms with Gasteiger partial charge in [0, 0.05) is 17.5 Å². The molecule has 1 aromatic heterocycles. The van der Waals surface area contributed by atoms with Crippen molar-refractivity contribution in [3.8, 4) is 17.2 Å². The number of fused-ring (bicyclic) bond motifs is 2. The van der Waals surface area contributed by atoms with Crippen molar-refractivity contribution in [1.82, 2.24) is 15.1 Å². The number of benzene rings is 2. The van der Waals surface area contributed by atoms with E-state index in [1.807, 2.05) is 43.3 Å². The SMILES string of the molecule is CCCNC(=O)CN1C(=O)CSC(c2ccc3c(c2)OCO3)c2c(C(C)(C)C)nn(-c3ccccc3Cl)c21. The fraction of sp³-hybridized carbons (Fsp3) is 0.393. The quantitative estimate of drug-likeness (QED) is 0.448. The molecule has 38 heavy (non-hydrogen) atoms. The molecule has 2 aliphatic rings. The minimum absolute atomic E-state index is 0.111. The average Bonchev–Trinajstić information content (AvgIpc) is 3.48. The van der Waals surface area contributed by atoms with Crippen LogP contribution in [0, 0.1) is 0 Å². The molecule has 10 heteroatoms. The number of amides is 2. The lowest BCUT2D eigenvalue weighted by Crippen LogP contribution is -2.42. The standard InChI is InChI=1S/C28H31ClN4O4S/c1-5-12-30-22(34)14-32-23(35)15-38-25(17-10-11-20-21(13-17)37-16-36-20)24-26(28(2,3)4)31-33(27(24)32)19-9-7-6-8-18(19)29/h6-11,13,25H,5,12,14-16H2,1-4H3,(H,30,34). The molecule has 0 aliphatic carbocycles. The summed E-state index contributed by atoms with van der Waals surface area (Å²) in [6, 6.07) is 13.3. The molecule has 3 heterocycles. The van der Waals surface area contributed by atoms with E-state index in [-0.39, 0.29) is 41.6 Å². The molecule has 1 unspecified atom stereocenters. The summed E-state index contributed by atoms with van der Waals surface area (Å²) in [7, 11) is 0. The topological polar surface area (TPSA) is 85.7 Å². The van der Waals surface area contributed by atoms with Gasteiger partial charge in [-0.1, -0.05) is 57.5 Å². The largest absolute Gasteiger partial charge is 0.454 e. The van der Waals surface area contributed by atoms with Gasteiger partial charge in [-0.2, -0.15) is 5.10 Å². The van der Waals surface area contributed by atoms with Crippen LogP contribution >= 0.6 is 23.4 Å². The van der Waals surface area contributed by atoms with Crippen molar-refractivity contribution in [1.29, 1.82) is 0 Å². The first kappa shape index (κ1) is 26.4. The van der Waals surface area contributed by atoms with Crippen LogP contribution in [0.1, 0.15) is 56.2 Å². The van der Waals surface area contributed by atoms with Crippen molar-refractivity contribution in [2.75, 3.05) is 30.5 Å². The highest BCUT2D eigenvalue weighted by Crippen LogP contribution is 2.50. The molecule has 0 saturated carbocycles. The van der Waals surface area contributed by atoms with Gasteiger partial charge in [0.2, 0.25) is 18.6 Å². The molecule has 2 aromatic carbocycles. The fourth-order valence-corrected chi connectivity index (χ4v) is 6.07. The van der Waals surface area contributed by atoms with Gasteiger partial charge in [-0.25, -0.2) is 4.68 Å². The van der Waals surface area contributed by atoms with E-state index in [9.17, 15) is 9.59 Å². The van der Waals surface area contributed by atoms with Crippen molar-refractivity contribution in [3.63, 3.8) is 0 Å². The Labute approximate surface area is 231 Å². The van der Waals surface area contributed by atoms with Crippen LogP contribution in [0.5, 0.6) is 11.5 Å². The van der Waals surface area contributed by atoms with Crippen LogP contribution in [-0.2, 0) is 15.0 Å². The van der Waals surface area contributed by atoms with E-state index in [1.165, 1.54) is 11.8 Å². The van der Waals surface area contributed by atoms with Gasteiger partial charge in [-0.15, -0.1) is 11.8 Å². The van der Waals surface area contributed by atoms with Crippen LogP contribution in [0.25, 0.3) is 5.69 Å². The van der Waals surface area contributed by atoms with E-state index in [4.69, 9.17) is 26.2 Å². The molecule has 8 nitrogen and oxygen atoms in total. The number of carbonyl (C=O) groups excluding carboxylic acids is 2. The summed E-state index contributed by atoms with van der Waals surface area (Å²) >= 11 is 8.18. The number of thioether (sulfide) groups is 1. The maximum Gasteiger partial charge on any atom is 0.240 e. The van der Waals surface area contributed by atoms with Crippen LogP contribution in [-0.4, -0.2) is 47.2 Å². The molecule has 3 aromatic rings. The lowest BCUT2D eigenvalue weighted by Gasteiger charge is -2.24. The number of aromatic nitrogens is 2. The zero-order valence-corrected chi connectivity index (χ0v) is 23.5. The minimum Gasteiger partial charge on any atom is -0.454 e. The van der Waals surface area contributed by atoms with Crippen LogP contribution in [0.4, 0.5) is 5.82 Å². The number of ether oxygens (including phenoxy) is 2. The van der Waals surface area contributed by atoms with Crippen LogP contribution in [0.3, 0.4) is 0 Å². The Morgan fingerprint density at radius 1 is 1.18 bits per heavy atom. The molecule has 0 radical (unpaired) electrons. The third-order valence-electron chi connectivity index (χ3n) is 6.45. The number of nitrogens with zero attached hydrogens (tertiary/aromatic N) is 3. The van der Waals surface area contributed by atoms with Crippen molar-refractivity contribution in [3.05, 3.63) is 64.3 Å². The van der Waals surface area contributed by atoms with Crippen LogP contribution in [0.2, 0.25) is 5.02 Å². The molecule has 2 amide bonds. The molecule has 0 fully saturated rings. The number of carbonyl (C=O) groups is 2. The lowest BCUT2D eigenvalue weighted by molar-refractivity contribution is -0.122. The normalized spacial score (nSPS) is 16.8. The summed E-state index contributed by atoms with van der Waals surface area (Å²) in [6.07, 6.45) is 0.804. The minimum atomic E-state index is -0.366. The third-order valence-corrected chi connectivity index (χ3v) is 8.03. The smallest absolute Gasteiger partial charge is 0.240 e. The average molecular weight is 555 g/mol. The van der Waals surface area contributed by atoms with Crippen molar-refractivity contribution in [2.45, 2.75) is 44.8 Å². The second-order valence-corrected chi connectivity index (χ2v) is 11.8. The van der Waals surface area contributed by atoms with Gasteiger partial charge in [-0.3, -0.25) is 14.5 Å². The Morgan fingerprint density at radius 3 is 2.68 bits per heavy atom. The van der Waals surface area contributed by atoms with Crippen LogP contribution < -0.4 is 19.7 Å². The number of rotatable bonds is 6. The molecule has 2 aliphatic heterocycles. The Kier molecular flexibility index (Phi) is 7.33. The predicted octanol–water partition coefficient (Wildman–Crippen LogP) is 5.25. The molecule has 200 valence electrons. The number of para-hydroxylation sites is 1. The molecule has 1 N–H and O–H groups in total. The third kappa shape index (κ3) is 4.97. The summed E-state index contributed by atoms with van der Waals surface area (Å²) in [4.78, 5) is 28.2. The number of anilines is 1. The van der Waals surface area contributed by atoms with E-state index in [2.05, 4.69) is 26.1 Å². The maximum atomic E-state index is 13.7. The first-order chi connectivity index (χ1) is 18.2. The summed E-state index contributed by atoms with van der Waals surface area (Å²) in [5.41, 5.74) is 2.96. The molecule has 0 bridgehead atoms. The van der Waals surface area contributed by atoms with Gasteiger partial charge in [0.15, 0.2) is 11.5 Å². The number of nitrogens with one attached hydrogen (secondary N) is 1.